The average molecular weight is 597 g/mol. The Balaban J connectivity index is 1.63. The summed E-state index contributed by atoms with van der Waals surface area (Å²) in [5, 5.41) is 9.61. The van der Waals surface area contributed by atoms with Crippen LogP contribution in [0.1, 0.15) is 87.4 Å². The number of halogens is 1. The van der Waals surface area contributed by atoms with E-state index in [1.165, 1.54) is 0 Å². The molecule has 3 unspecified atom stereocenters. The third-order valence-electron chi connectivity index (χ3n) is 7.79. The van der Waals surface area contributed by atoms with Crippen LogP contribution in [-0.2, 0) is 19.1 Å². The first-order valence-electron chi connectivity index (χ1n) is 14.4. The Hall–Kier alpha value is -3.63. The number of hydrogen-bond donors (Lipinski definition) is 0. The maximum absolute atomic E-state index is 14.0. The second-order valence-corrected chi connectivity index (χ2v) is 11.2. The second-order valence-electron chi connectivity index (χ2n) is 10.8. The molecule has 0 bridgehead atoms. The molecule has 0 N–H and O–H groups in total. The highest BCUT2D eigenvalue weighted by Crippen LogP contribution is 2.46. The monoisotopic (exact) mass is 596 g/mol. The number of aromatic nitrogens is 3. The number of fused-ring (bicyclic) bond motifs is 3. The molecule has 10 nitrogen and oxygen atoms in total. The summed E-state index contributed by atoms with van der Waals surface area (Å²) < 4.78 is 25.5. The Morgan fingerprint density at radius 2 is 1.90 bits per heavy atom. The Kier molecular flexibility index (Phi) is 9.03. The number of para-hydroxylation sites is 1. The second kappa shape index (κ2) is 12.7. The van der Waals surface area contributed by atoms with Crippen molar-refractivity contribution in [2.75, 3.05) is 27.4 Å². The van der Waals surface area contributed by atoms with Gasteiger partial charge in [-0.15, -0.1) is 10.2 Å². The Morgan fingerprint density at radius 1 is 1.10 bits per heavy atom. The van der Waals surface area contributed by atoms with Gasteiger partial charge in [-0.2, -0.15) is 0 Å². The van der Waals surface area contributed by atoms with Crippen LogP contribution in [0, 0.1) is 0 Å². The van der Waals surface area contributed by atoms with Crippen molar-refractivity contribution < 1.29 is 28.5 Å². The van der Waals surface area contributed by atoms with E-state index in [4.69, 9.17) is 30.5 Å². The van der Waals surface area contributed by atoms with Crippen LogP contribution < -0.4 is 9.47 Å². The van der Waals surface area contributed by atoms with Gasteiger partial charge < -0.3 is 23.8 Å². The molecule has 42 heavy (non-hydrogen) atoms. The standard InChI is InChI=1S/C31H37ClN4O6/c1-6-41-31(38)23-11-7-8-15-35(23)26(37)17-25-30-34-33-29(18(2)3)36(30)22-14-13-19(32)16-21(22)27(42-25)20-10-9-12-24(39-4)28(20)40-5/h9-10,12-14,16,18,23,25,27H,6-8,11,15,17H2,1-5H3. The summed E-state index contributed by atoms with van der Waals surface area (Å²) in [5.41, 5.74) is 2.29. The van der Waals surface area contributed by atoms with E-state index in [0.717, 1.165) is 29.9 Å². The van der Waals surface area contributed by atoms with E-state index in [1.807, 2.05) is 54.8 Å². The van der Waals surface area contributed by atoms with E-state index in [1.54, 1.807) is 26.0 Å². The minimum atomic E-state index is -0.797. The number of amides is 1. The summed E-state index contributed by atoms with van der Waals surface area (Å²) in [7, 11) is 3.16. The molecule has 0 aliphatic carbocycles. The van der Waals surface area contributed by atoms with Gasteiger partial charge >= 0.3 is 5.97 Å². The lowest BCUT2D eigenvalue weighted by atomic mass is 9.98. The van der Waals surface area contributed by atoms with Gasteiger partial charge in [-0.3, -0.25) is 9.36 Å². The van der Waals surface area contributed by atoms with Crippen molar-refractivity contribution in [2.45, 2.75) is 70.6 Å². The molecular weight excluding hydrogens is 560 g/mol. The van der Waals surface area contributed by atoms with Crippen molar-refractivity contribution in [3.63, 3.8) is 0 Å². The molecule has 3 heterocycles. The highest BCUT2D eigenvalue weighted by Gasteiger charge is 2.40. The van der Waals surface area contributed by atoms with Crippen LogP contribution in [0.4, 0.5) is 0 Å². The molecule has 0 saturated carbocycles. The van der Waals surface area contributed by atoms with Gasteiger partial charge in [0, 0.05) is 28.6 Å². The van der Waals surface area contributed by atoms with Gasteiger partial charge in [0.25, 0.3) is 0 Å². The van der Waals surface area contributed by atoms with E-state index in [0.29, 0.717) is 40.9 Å². The van der Waals surface area contributed by atoms with Gasteiger partial charge in [-0.05, 0) is 50.5 Å². The Morgan fingerprint density at radius 3 is 2.62 bits per heavy atom. The molecule has 2 aromatic carbocycles. The fraction of sp³-hybridized carbons (Fsp3) is 0.484. The van der Waals surface area contributed by atoms with Crippen molar-refractivity contribution in [2.24, 2.45) is 0 Å². The molecule has 0 radical (unpaired) electrons. The molecule has 3 aromatic rings. The zero-order chi connectivity index (χ0) is 30.0. The van der Waals surface area contributed by atoms with E-state index in [9.17, 15) is 9.59 Å². The summed E-state index contributed by atoms with van der Waals surface area (Å²) in [5.74, 6) is 1.75. The lowest BCUT2D eigenvalue weighted by Gasteiger charge is -2.35. The minimum Gasteiger partial charge on any atom is -0.493 e. The number of carbonyl (C=O) groups is 2. The number of benzene rings is 2. The van der Waals surface area contributed by atoms with Gasteiger partial charge in [-0.25, -0.2) is 4.79 Å². The van der Waals surface area contributed by atoms with Crippen LogP contribution in [-0.4, -0.2) is 65.0 Å². The van der Waals surface area contributed by atoms with Gasteiger partial charge in [0.15, 0.2) is 17.3 Å². The summed E-state index contributed by atoms with van der Waals surface area (Å²) in [6.07, 6.45) is 0.704. The maximum Gasteiger partial charge on any atom is 0.328 e. The van der Waals surface area contributed by atoms with Gasteiger partial charge in [0.2, 0.25) is 5.91 Å². The third kappa shape index (κ3) is 5.57. The highest BCUT2D eigenvalue weighted by atomic mass is 35.5. The molecule has 1 saturated heterocycles. The molecular formula is C31H37ClN4O6. The number of rotatable bonds is 8. The normalized spacial score (nSPS) is 20.0. The first-order chi connectivity index (χ1) is 20.3. The number of hydrogen-bond acceptors (Lipinski definition) is 8. The van der Waals surface area contributed by atoms with Gasteiger partial charge in [0.1, 0.15) is 24.1 Å². The molecule has 5 rings (SSSR count). The average Bonchev–Trinajstić information content (AvgIpc) is 3.39. The largest absolute Gasteiger partial charge is 0.493 e. The van der Waals surface area contributed by atoms with Crippen LogP contribution in [0.5, 0.6) is 11.5 Å². The predicted molar refractivity (Wildman–Crippen MR) is 156 cm³/mol. The number of likely N-dealkylation sites (tertiary alicyclic amines) is 1. The van der Waals surface area contributed by atoms with E-state index in [-0.39, 0.29) is 30.8 Å². The molecule has 1 amide bonds. The molecule has 11 heteroatoms. The number of nitrogens with zero attached hydrogens (tertiary/aromatic N) is 4. The zero-order valence-electron chi connectivity index (χ0n) is 24.6. The van der Waals surface area contributed by atoms with Crippen molar-refractivity contribution >= 4 is 23.5 Å². The van der Waals surface area contributed by atoms with Gasteiger partial charge in [0.05, 0.1) is 32.9 Å². The zero-order valence-corrected chi connectivity index (χ0v) is 25.4. The number of esters is 1. The SMILES string of the molecule is CCOC(=O)C1CCCCN1C(=O)CC1OC(c2cccc(OC)c2OC)c2cc(Cl)ccc2-n2c(C(C)C)nnc21. The molecule has 1 aromatic heterocycles. The minimum absolute atomic E-state index is 0.0318. The molecule has 2 aliphatic rings. The maximum atomic E-state index is 14.0. The predicted octanol–water partition coefficient (Wildman–Crippen LogP) is 5.56. The lowest BCUT2D eigenvalue weighted by molar-refractivity contribution is -0.158. The summed E-state index contributed by atoms with van der Waals surface area (Å²) in [6.45, 7) is 6.58. The van der Waals surface area contributed by atoms with Crippen molar-refractivity contribution in [3.05, 3.63) is 64.2 Å². The van der Waals surface area contributed by atoms with E-state index >= 15 is 0 Å². The number of piperidine rings is 1. The molecule has 3 atom stereocenters. The van der Waals surface area contributed by atoms with Crippen molar-refractivity contribution in [3.8, 4) is 17.2 Å². The smallest absolute Gasteiger partial charge is 0.328 e. The number of carbonyl (C=O) groups excluding carboxylic acids is 2. The van der Waals surface area contributed by atoms with E-state index in [2.05, 4.69) is 10.2 Å². The Bertz CT molecular complexity index is 1460. The van der Waals surface area contributed by atoms with Gasteiger partial charge in [-0.1, -0.05) is 37.6 Å². The van der Waals surface area contributed by atoms with Crippen LogP contribution in [0.3, 0.4) is 0 Å². The van der Waals surface area contributed by atoms with Crippen molar-refractivity contribution in [1.29, 1.82) is 0 Å². The number of ether oxygens (including phenoxy) is 4. The topological polar surface area (TPSA) is 105 Å². The molecule has 1 fully saturated rings. The molecule has 2 aliphatic heterocycles. The fourth-order valence-electron chi connectivity index (χ4n) is 5.86. The lowest BCUT2D eigenvalue weighted by Crippen LogP contribution is -2.49. The van der Waals surface area contributed by atoms with Crippen LogP contribution in [0.25, 0.3) is 5.69 Å². The Labute approximate surface area is 250 Å². The van der Waals surface area contributed by atoms with E-state index < -0.39 is 18.2 Å². The first kappa shape index (κ1) is 29.8. The quantitative estimate of drug-likeness (QED) is 0.311. The molecule has 0 spiro atoms. The van der Waals surface area contributed by atoms with Crippen LogP contribution in [0.2, 0.25) is 5.02 Å². The third-order valence-corrected chi connectivity index (χ3v) is 8.02. The van der Waals surface area contributed by atoms with Crippen LogP contribution in [0.15, 0.2) is 36.4 Å². The highest BCUT2D eigenvalue weighted by molar-refractivity contribution is 6.30. The van der Waals surface area contributed by atoms with Crippen molar-refractivity contribution in [1.82, 2.24) is 19.7 Å². The number of methoxy groups -OCH3 is 2. The summed E-state index contributed by atoms with van der Waals surface area (Å²) >= 11 is 6.56. The summed E-state index contributed by atoms with van der Waals surface area (Å²) in [6, 6.07) is 10.6. The first-order valence-corrected chi connectivity index (χ1v) is 14.7. The molecule has 224 valence electrons. The van der Waals surface area contributed by atoms with Crippen LogP contribution >= 0.6 is 11.6 Å². The fourth-order valence-corrected chi connectivity index (χ4v) is 6.04. The summed E-state index contributed by atoms with van der Waals surface area (Å²) in [4.78, 5) is 28.4.